The van der Waals surface area contributed by atoms with E-state index in [1.165, 1.54) is 76.1 Å². The van der Waals surface area contributed by atoms with Gasteiger partial charge in [0.2, 0.25) is 0 Å². The lowest BCUT2D eigenvalue weighted by atomic mass is 9.93. The van der Waals surface area contributed by atoms with Gasteiger partial charge >= 0.3 is 6.03 Å². The highest BCUT2D eigenvalue weighted by Gasteiger charge is 2.51. The van der Waals surface area contributed by atoms with E-state index < -0.39 is 26.5 Å². The summed E-state index contributed by atoms with van der Waals surface area (Å²) in [5, 5.41) is 5.84. The van der Waals surface area contributed by atoms with Crippen LogP contribution in [0.1, 0.15) is 91.5 Å². The third kappa shape index (κ3) is 12.1. The number of pyridine rings is 2. The molecule has 69 heavy (non-hydrogen) atoms. The molecule has 10 rings (SSSR count). The lowest BCUT2D eigenvalue weighted by Gasteiger charge is -2.33. The highest BCUT2D eigenvalue weighted by molar-refractivity contribution is 8.13. The number of imide groups is 1. The first-order valence-corrected chi connectivity index (χ1v) is 26.8. The maximum atomic E-state index is 13.1. The van der Waals surface area contributed by atoms with Crippen molar-refractivity contribution in [3.63, 3.8) is 0 Å². The van der Waals surface area contributed by atoms with Crippen LogP contribution in [0.15, 0.2) is 125 Å². The second-order valence-corrected chi connectivity index (χ2v) is 22.9. The Balaban J connectivity index is 0.000000154. The van der Waals surface area contributed by atoms with Gasteiger partial charge in [0.25, 0.3) is 26.8 Å². The van der Waals surface area contributed by atoms with Crippen molar-refractivity contribution in [3.8, 4) is 0 Å². The molecular formula is C50H53Cl3N8O6S2. The number of carbonyl (C=O) groups excluding carboxylic acids is 4. The SMILES string of the molecule is CC1(C)C(=O)N(Cl)C(=O)N1Cl.O=C(Nc1cccc(S(=O)(=O)Cl)c1)c1cccnc1N1CCC2(CC1)CC2.O=C(Nc1cccc(SCc2ccccc2)c1)c1cccnc1N1CCC2(CC1)CC2. The Bertz CT molecular complexity index is 2810. The van der Waals surface area contributed by atoms with Gasteiger partial charge in [0, 0.05) is 94.8 Å². The van der Waals surface area contributed by atoms with Crippen LogP contribution in [0.5, 0.6) is 0 Å². The molecule has 0 atom stereocenters. The molecule has 3 aliphatic heterocycles. The van der Waals surface area contributed by atoms with Gasteiger partial charge in [-0.2, -0.15) is 4.42 Å². The number of nitrogens with one attached hydrogen (secondary N) is 2. The number of carbonyl (C=O) groups is 4. The standard InChI is InChI=1S/C26H27N3OS.C19H20ClN3O3S.C5H6Cl2N2O2/c30-25(23-10-5-15-27-24(23)29-16-13-26(11-12-26)14-17-29)28-21-8-4-9-22(18-21)31-19-20-6-2-1-3-7-20;20-27(25,26)15-4-1-3-14(13-15)22-18(24)16-5-2-10-21-17(16)23-11-8-19(6-7-19)9-12-23;1-5(2)3(10)8(6)4(11)9(5)7/h1-10,15,18H,11-14,16-17,19H2,(H,28,30);1-5,10,13H,6-9,11-12H2,(H,22,24);1-2H3. The number of rotatable bonds is 10. The van der Waals surface area contributed by atoms with Crippen LogP contribution in [0.25, 0.3) is 0 Å². The number of hydrogen-bond donors (Lipinski definition) is 2. The Morgan fingerprint density at radius 2 is 1.14 bits per heavy atom. The quantitative estimate of drug-likeness (QED) is 0.0592. The van der Waals surface area contributed by atoms with E-state index in [1.54, 1.807) is 42.4 Å². The number of halogens is 3. The number of amides is 5. The second kappa shape index (κ2) is 20.9. The van der Waals surface area contributed by atoms with Gasteiger partial charge in [0.15, 0.2) is 0 Å². The zero-order valence-corrected chi connectivity index (χ0v) is 42.1. The maximum absolute atomic E-state index is 13.1. The van der Waals surface area contributed by atoms with Crippen molar-refractivity contribution in [2.45, 2.75) is 86.3 Å². The fraction of sp³-hybridized carbons (Fsp3) is 0.360. The van der Waals surface area contributed by atoms with Crippen LogP contribution in [-0.2, 0) is 19.6 Å². The molecule has 362 valence electrons. The lowest BCUT2D eigenvalue weighted by Crippen LogP contribution is -2.38. The predicted molar refractivity (Wildman–Crippen MR) is 272 cm³/mol. The summed E-state index contributed by atoms with van der Waals surface area (Å²) in [5.41, 5.74) is 3.70. The molecule has 19 heteroatoms. The summed E-state index contributed by atoms with van der Waals surface area (Å²) in [6, 6.07) is 30.8. The summed E-state index contributed by atoms with van der Waals surface area (Å²) in [7, 11) is 1.53. The van der Waals surface area contributed by atoms with E-state index in [0.717, 1.165) is 65.6 Å². The Hall–Kier alpha value is -5.39. The zero-order chi connectivity index (χ0) is 49.0. The molecule has 14 nitrogen and oxygen atoms in total. The normalized spacial score (nSPS) is 18.4. The monoisotopic (exact) mass is 1030 g/mol. The van der Waals surface area contributed by atoms with Crippen molar-refractivity contribution in [2.24, 2.45) is 10.8 Å². The van der Waals surface area contributed by atoms with Crippen LogP contribution < -0.4 is 20.4 Å². The minimum Gasteiger partial charge on any atom is -0.356 e. The summed E-state index contributed by atoms with van der Waals surface area (Å²) in [5.74, 6) is 1.45. The third-order valence-corrected chi connectivity index (χ3v) is 16.7. The van der Waals surface area contributed by atoms with E-state index in [1.807, 2.05) is 36.4 Å². The topological polar surface area (TPSA) is 165 Å². The molecule has 2 saturated carbocycles. The number of hydrogen-bond acceptors (Lipinski definition) is 11. The molecule has 0 radical (unpaired) electrons. The first-order valence-electron chi connectivity index (χ1n) is 22.8. The van der Waals surface area contributed by atoms with E-state index in [2.05, 4.69) is 60.7 Å². The van der Waals surface area contributed by atoms with Crippen molar-refractivity contribution >= 4 is 102 Å². The highest BCUT2D eigenvalue weighted by Crippen LogP contribution is 2.55. The van der Waals surface area contributed by atoms with Crippen LogP contribution in [-0.4, -0.2) is 82.7 Å². The summed E-state index contributed by atoms with van der Waals surface area (Å²) in [4.78, 5) is 62.5. The third-order valence-electron chi connectivity index (χ3n) is 13.5. The zero-order valence-electron chi connectivity index (χ0n) is 38.2. The van der Waals surface area contributed by atoms with Crippen LogP contribution in [0.4, 0.5) is 27.8 Å². The molecular weight excluding hydrogens is 979 g/mol. The summed E-state index contributed by atoms with van der Waals surface area (Å²) >= 11 is 12.6. The van der Waals surface area contributed by atoms with Gasteiger partial charge in [0.1, 0.15) is 17.2 Å². The fourth-order valence-electron chi connectivity index (χ4n) is 8.65. The van der Waals surface area contributed by atoms with E-state index in [-0.39, 0.29) is 16.7 Å². The first-order chi connectivity index (χ1) is 33.0. The van der Waals surface area contributed by atoms with Gasteiger partial charge in [0.05, 0.1) is 16.0 Å². The van der Waals surface area contributed by atoms with E-state index in [0.29, 0.717) is 37.9 Å². The van der Waals surface area contributed by atoms with Gasteiger partial charge in [-0.05, 0) is 142 Å². The molecule has 5 heterocycles. The van der Waals surface area contributed by atoms with E-state index >= 15 is 0 Å². The number of piperidine rings is 2. The van der Waals surface area contributed by atoms with Crippen LogP contribution >= 0.6 is 46.0 Å². The highest BCUT2D eigenvalue weighted by atomic mass is 35.7. The van der Waals surface area contributed by atoms with Crippen molar-refractivity contribution in [1.29, 1.82) is 0 Å². The van der Waals surface area contributed by atoms with Crippen molar-refractivity contribution in [2.75, 3.05) is 46.6 Å². The molecule has 5 fully saturated rings. The minimum atomic E-state index is -3.86. The van der Waals surface area contributed by atoms with Gasteiger partial charge < -0.3 is 20.4 Å². The Kier molecular flexibility index (Phi) is 15.2. The van der Waals surface area contributed by atoms with E-state index in [9.17, 15) is 27.6 Å². The molecule has 2 spiro atoms. The molecule has 5 amide bonds. The molecule has 2 N–H and O–H groups in total. The van der Waals surface area contributed by atoms with Crippen LogP contribution in [0.2, 0.25) is 0 Å². The molecule has 0 bridgehead atoms. The smallest absolute Gasteiger partial charge is 0.356 e. The largest absolute Gasteiger partial charge is 0.357 e. The molecule has 5 aromatic rings. The predicted octanol–water partition coefficient (Wildman–Crippen LogP) is 11.0. The number of urea groups is 1. The molecule has 5 aliphatic rings. The van der Waals surface area contributed by atoms with Gasteiger partial charge in [-0.25, -0.2) is 27.6 Å². The fourth-order valence-corrected chi connectivity index (χ4v) is 10.8. The molecule has 3 saturated heterocycles. The molecule has 3 aromatic carbocycles. The van der Waals surface area contributed by atoms with Crippen LogP contribution in [0, 0.1) is 10.8 Å². The van der Waals surface area contributed by atoms with Gasteiger partial charge in [-0.15, -0.1) is 11.8 Å². The average Bonchev–Trinajstić information content (AvgIpc) is 4.30. The Morgan fingerprint density at radius 3 is 1.58 bits per heavy atom. The second-order valence-electron chi connectivity index (χ2n) is 18.6. The molecule has 2 aromatic heterocycles. The maximum Gasteiger partial charge on any atom is 0.357 e. The van der Waals surface area contributed by atoms with Crippen molar-refractivity contribution < 1.29 is 27.6 Å². The van der Waals surface area contributed by atoms with Crippen molar-refractivity contribution in [1.82, 2.24) is 18.8 Å². The number of benzene rings is 3. The first kappa shape index (κ1) is 50.0. The Morgan fingerprint density at radius 1 is 0.652 bits per heavy atom. The van der Waals surface area contributed by atoms with Crippen molar-refractivity contribution in [3.05, 3.63) is 132 Å². The van der Waals surface area contributed by atoms with E-state index in [4.69, 9.17) is 34.2 Å². The number of aromatic nitrogens is 2. The summed E-state index contributed by atoms with van der Waals surface area (Å²) in [6.07, 6.45) is 13.6. The van der Waals surface area contributed by atoms with Gasteiger partial charge in [-0.1, -0.05) is 42.5 Å². The van der Waals surface area contributed by atoms with Crippen LogP contribution in [0.3, 0.4) is 0 Å². The lowest BCUT2D eigenvalue weighted by molar-refractivity contribution is -0.127. The van der Waals surface area contributed by atoms with Gasteiger partial charge in [-0.3, -0.25) is 14.4 Å². The number of anilines is 4. The Labute approximate surface area is 421 Å². The molecule has 0 unspecified atom stereocenters. The summed E-state index contributed by atoms with van der Waals surface area (Å²) in [6.45, 7) is 6.81. The number of nitrogens with zero attached hydrogens (tertiary/aromatic N) is 6. The minimum absolute atomic E-state index is 0.0564. The summed E-state index contributed by atoms with van der Waals surface area (Å²) < 4.78 is 24.2. The number of thioether (sulfide) groups is 1. The average molecular weight is 1030 g/mol. The molecule has 2 aliphatic carbocycles.